The van der Waals surface area contributed by atoms with Crippen molar-refractivity contribution in [2.24, 2.45) is 0 Å². The molecule has 0 atom stereocenters. The molecule has 1 aliphatic heterocycles. The molecule has 0 radical (unpaired) electrons. The number of aryl methyl sites for hydroxylation is 1. The van der Waals surface area contributed by atoms with Crippen LogP contribution in [0.1, 0.15) is 29.3 Å². The summed E-state index contributed by atoms with van der Waals surface area (Å²) in [4.78, 5) is 28.7. The lowest BCUT2D eigenvalue weighted by molar-refractivity contribution is -0.131. The molecular formula is C23H26BrClN4O3S. The van der Waals surface area contributed by atoms with Crippen LogP contribution in [0.3, 0.4) is 0 Å². The summed E-state index contributed by atoms with van der Waals surface area (Å²) in [7, 11) is 1.52. The Labute approximate surface area is 212 Å². The van der Waals surface area contributed by atoms with Gasteiger partial charge < -0.3 is 19.9 Å². The van der Waals surface area contributed by atoms with Crippen molar-refractivity contribution in [3.8, 4) is 5.75 Å². The Morgan fingerprint density at radius 3 is 2.48 bits per heavy atom. The summed E-state index contributed by atoms with van der Waals surface area (Å²) >= 11 is 15.3. The lowest BCUT2D eigenvalue weighted by Crippen LogP contribution is -2.48. The third-order valence-electron chi connectivity index (χ3n) is 5.40. The number of amides is 2. The highest BCUT2D eigenvalue weighted by molar-refractivity contribution is 9.10. The second-order valence-electron chi connectivity index (χ2n) is 7.60. The molecule has 0 bridgehead atoms. The SMILES string of the molecule is CCC(=O)N1CCN(c2ccc(NC(=S)NC(=O)c3cc(Br)cc(C)c3OC)cc2Cl)CC1. The van der Waals surface area contributed by atoms with E-state index in [2.05, 4.69) is 31.5 Å². The fourth-order valence-corrected chi connectivity index (χ4v) is 4.85. The molecule has 0 aromatic heterocycles. The first-order valence-corrected chi connectivity index (χ1v) is 12.1. The van der Waals surface area contributed by atoms with Crippen LogP contribution in [-0.4, -0.2) is 55.1 Å². The quantitative estimate of drug-likeness (QED) is 0.527. The van der Waals surface area contributed by atoms with Crippen molar-refractivity contribution in [2.45, 2.75) is 20.3 Å². The van der Waals surface area contributed by atoms with Gasteiger partial charge in [0.2, 0.25) is 5.91 Å². The van der Waals surface area contributed by atoms with E-state index < -0.39 is 0 Å². The predicted octanol–water partition coefficient (Wildman–Crippen LogP) is 4.60. The molecule has 10 heteroatoms. The molecule has 176 valence electrons. The maximum absolute atomic E-state index is 12.8. The summed E-state index contributed by atoms with van der Waals surface area (Å²) in [6.07, 6.45) is 0.519. The molecule has 1 saturated heterocycles. The molecular weight excluding hydrogens is 528 g/mol. The number of carbonyl (C=O) groups is 2. The minimum atomic E-state index is -0.379. The van der Waals surface area contributed by atoms with Crippen molar-refractivity contribution < 1.29 is 14.3 Å². The number of thiocarbonyl (C=S) groups is 1. The molecule has 0 unspecified atom stereocenters. The van der Waals surface area contributed by atoms with Gasteiger partial charge in [-0.05, 0) is 55.0 Å². The Kier molecular flexibility index (Phi) is 8.56. The first-order valence-electron chi connectivity index (χ1n) is 10.5. The van der Waals surface area contributed by atoms with Crippen molar-refractivity contribution in [2.75, 3.05) is 43.5 Å². The highest BCUT2D eigenvalue weighted by atomic mass is 79.9. The van der Waals surface area contributed by atoms with E-state index in [4.69, 9.17) is 28.6 Å². The van der Waals surface area contributed by atoms with Gasteiger partial charge in [0.1, 0.15) is 5.75 Å². The fourth-order valence-electron chi connectivity index (χ4n) is 3.76. The van der Waals surface area contributed by atoms with Gasteiger partial charge >= 0.3 is 0 Å². The van der Waals surface area contributed by atoms with Crippen LogP contribution in [0.4, 0.5) is 11.4 Å². The maximum Gasteiger partial charge on any atom is 0.261 e. The highest BCUT2D eigenvalue weighted by Crippen LogP contribution is 2.30. The molecule has 33 heavy (non-hydrogen) atoms. The third-order valence-corrected chi connectivity index (χ3v) is 6.36. The van der Waals surface area contributed by atoms with E-state index in [1.54, 1.807) is 12.1 Å². The van der Waals surface area contributed by atoms with Crippen LogP contribution in [0.2, 0.25) is 5.02 Å². The van der Waals surface area contributed by atoms with E-state index >= 15 is 0 Å². The normalized spacial score (nSPS) is 13.5. The van der Waals surface area contributed by atoms with E-state index in [9.17, 15) is 9.59 Å². The van der Waals surface area contributed by atoms with Crippen molar-refractivity contribution in [1.82, 2.24) is 10.2 Å². The predicted molar refractivity (Wildman–Crippen MR) is 140 cm³/mol. The first-order chi connectivity index (χ1) is 15.7. The Morgan fingerprint density at radius 2 is 1.88 bits per heavy atom. The highest BCUT2D eigenvalue weighted by Gasteiger charge is 2.22. The number of halogens is 2. The van der Waals surface area contributed by atoms with Gasteiger partial charge in [-0.2, -0.15) is 0 Å². The summed E-state index contributed by atoms with van der Waals surface area (Å²) in [5, 5.41) is 6.39. The molecule has 0 spiro atoms. The van der Waals surface area contributed by atoms with Crippen LogP contribution < -0.4 is 20.3 Å². The molecule has 1 heterocycles. The van der Waals surface area contributed by atoms with E-state index in [-0.39, 0.29) is 16.9 Å². The molecule has 2 aromatic carbocycles. The molecule has 3 rings (SSSR count). The van der Waals surface area contributed by atoms with Gasteiger partial charge in [0.15, 0.2) is 5.11 Å². The minimum Gasteiger partial charge on any atom is -0.496 e. The smallest absolute Gasteiger partial charge is 0.261 e. The van der Waals surface area contributed by atoms with Gasteiger partial charge in [0.25, 0.3) is 5.91 Å². The van der Waals surface area contributed by atoms with Gasteiger partial charge in [-0.25, -0.2) is 0 Å². The number of methoxy groups -OCH3 is 1. The lowest BCUT2D eigenvalue weighted by atomic mass is 10.1. The molecule has 2 N–H and O–H groups in total. The van der Waals surface area contributed by atoms with Crippen LogP contribution in [-0.2, 0) is 4.79 Å². The number of hydrogen-bond acceptors (Lipinski definition) is 5. The number of carbonyl (C=O) groups excluding carboxylic acids is 2. The average Bonchev–Trinajstić information content (AvgIpc) is 2.78. The van der Waals surface area contributed by atoms with Crippen molar-refractivity contribution in [3.05, 3.63) is 51.0 Å². The number of ether oxygens (including phenoxy) is 1. The number of nitrogens with zero attached hydrogens (tertiary/aromatic N) is 2. The average molecular weight is 554 g/mol. The van der Waals surface area contributed by atoms with E-state index in [1.807, 2.05) is 36.9 Å². The van der Waals surface area contributed by atoms with Crippen molar-refractivity contribution in [3.63, 3.8) is 0 Å². The molecule has 7 nitrogen and oxygen atoms in total. The maximum atomic E-state index is 12.8. The summed E-state index contributed by atoms with van der Waals surface area (Å²) in [5.41, 5.74) is 2.77. The second-order valence-corrected chi connectivity index (χ2v) is 9.33. The van der Waals surface area contributed by atoms with Gasteiger partial charge in [-0.15, -0.1) is 0 Å². The number of benzene rings is 2. The minimum absolute atomic E-state index is 0.148. The zero-order chi connectivity index (χ0) is 24.1. The molecule has 0 aliphatic carbocycles. The standard InChI is InChI=1S/C23H26BrClN4O3S/c1-4-20(30)29-9-7-28(8-10-29)19-6-5-16(13-18(19)25)26-23(33)27-22(31)17-12-15(24)11-14(2)21(17)32-3/h5-6,11-13H,4,7-10H2,1-3H3,(H2,26,27,31,33). The van der Waals surface area contributed by atoms with Crippen LogP contribution >= 0.6 is 39.7 Å². The van der Waals surface area contributed by atoms with Gasteiger partial charge in [-0.1, -0.05) is 34.5 Å². The van der Waals surface area contributed by atoms with E-state index in [0.29, 0.717) is 41.5 Å². The van der Waals surface area contributed by atoms with Crippen LogP contribution in [0.5, 0.6) is 5.75 Å². The first kappa shape index (κ1) is 25.3. The van der Waals surface area contributed by atoms with Crippen molar-refractivity contribution >= 4 is 68.1 Å². The molecule has 0 saturated carbocycles. The summed E-state index contributed by atoms with van der Waals surface area (Å²) < 4.78 is 6.15. The molecule has 2 amide bonds. The third kappa shape index (κ3) is 6.16. The number of piperazine rings is 1. The fraction of sp³-hybridized carbons (Fsp3) is 0.348. The van der Waals surface area contributed by atoms with E-state index in [1.165, 1.54) is 7.11 Å². The number of anilines is 2. The summed E-state index contributed by atoms with van der Waals surface area (Å²) in [6, 6.07) is 9.09. The second kappa shape index (κ2) is 11.2. The summed E-state index contributed by atoms with van der Waals surface area (Å²) in [6.45, 7) is 6.54. The lowest BCUT2D eigenvalue weighted by Gasteiger charge is -2.36. The van der Waals surface area contributed by atoms with E-state index in [0.717, 1.165) is 28.8 Å². The Hall–Kier alpha value is -2.36. The van der Waals surface area contributed by atoms with Crippen LogP contribution in [0.15, 0.2) is 34.8 Å². The molecule has 2 aromatic rings. The van der Waals surface area contributed by atoms with Gasteiger partial charge in [-0.3, -0.25) is 14.9 Å². The Balaban J connectivity index is 1.63. The zero-order valence-corrected chi connectivity index (χ0v) is 21.9. The topological polar surface area (TPSA) is 73.9 Å². The van der Waals surface area contributed by atoms with Crippen molar-refractivity contribution in [1.29, 1.82) is 0 Å². The molecule has 1 fully saturated rings. The Bertz CT molecular complexity index is 1070. The monoisotopic (exact) mass is 552 g/mol. The zero-order valence-electron chi connectivity index (χ0n) is 18.7. The summed E-state index contributed by atoms with van der Waals surface area (Å²) in [5.74, 6) is 0.286. The van der Waals surface area contributed by atoms with Gasteiger partial charge in [0, 0.05) is 42.8 Å². The molecule has 1 aliphatic rings. The van der Waals surface area contributed by atoms with Gasteiger partial charge in [0.05, 0.1) is 23.4 Å². The van der Waals surface area contributed by atoms with Crippen LogP contribution in [0.25, 0.3) is 0 Å². The number of nitrogens with one attached hydrogen (secondary N) is 2. The van der Waals surface area contributed by atoms with Crippen LogP contribution in [0, 0.1) is 6.92 Å². The largest absolute Gasteiger partial charge is 0.496 e. The number of hydrogen-bond donors (Lipinski definition) is 2. The number of rotatable bonds is 5. The Morgan fingerprint density at radius 1 is 1.18 bits per heavy atom.